The molecule has 4 aliphatic rings. The molecule has 1 radical (unpaired) electrons. The lowest BCUT2D eigenvalue weighted by Crippen LogP contribution is -2.39. The highest BCUT2D eigenvalue weighted by atomic mass is 16.1. The Morgan fingerprint density at radius 3 is 2.38 bits per heavy atom. The van der Waals surface area contributed by atoms with Gasteiger partial charge in [-0.05, 0) is 55.4 Å². The molecule has 0 aromatic heterocycles. The van der Waals surface area contributed by atoms with E-state index in [9.17, 15) is 4.79 Å². The van der Waals surface area contributed by atoms with Gasteiger partial charge >= 0.3 is 6.41 Å². The highest BCUT2D eigenvalue weighted by Crippen LogP contribution is 2.52. The Hall–Kier alpha value is -0.790. The van der Waals surface area contributed by atoms with E-state index in [4.69, 9.17) is 0 Å². The molecule has 4 rings (SSSR count). The smallest absolute Gasteiger partial charge is 0.313 e. The lowest BCUT2D eigenvalue weighted by atomic mass is 9.60. The standard InChI is InChI=1S/C11H14NO/c13-6-12-11-9-2-7-1-8(4-9)5-10(11)3-7/h7-9H,1-5H2,(H,12,13). The van der Waals surface area contributed by atoms with Crippen LogP contribution in [0.1, 0.15) is 32.1 Å². The summed E-state index contributed by atoms with van der Waals surface area (Å²) in [5, 5.41) is 2.80. The van der Waals surface area contributed by atoms with Crippen LogP contribution in [0.15, 0.2) is 11.3 Å². The molecule has 1 amide bonds. The Morgan fingerprint density at radius 1 is 1.15 bits per heavy atom. The molecule has 2 atom stereocenters. The molecule has 2 unspecified atom stereocenters. The van der Waals surface area contributed by atoms with E-state index >= 15 is 0 Å². The Kier molecular flexibility index (Phi) is 1.52. The maximum absolute atomic E-state index is 10.3. The van der Waals surface area contributed by atoms with E-state index in [1.54, 1.807) is 0 Å². The van der Waals surface area contributed by atoms with Gasteiger partial charge in [0.15, 0.2) is 0 Å². The molecule has 4 bridgehead atoms. The summed E-state index contributed by atoms with van der Waals surface area (Å²) >= 11 is 0. The SMILES string of the molecule is O=[C]NC1=C2CC3CC(C2)CC1C3. The minimum absolute atomic E-state index is 0.669. The molecular formula is C11H14NO. The third-order valence-electron chi connectivity index (χ3n) is 3.95. The van der Waals surface area contributed by atoms with Crippen LogP contribution < -0.4 is 5.32 Å². The molecule has 0 saturated heterocycles. The number of amides is 1. The second kappa shape index (κ2) is 2.60. The van der Waals surface area contributed by atoms with E-state index in [0.717, 1.165) is 11.8 Å². The maximum Gasteiger partial charge on any atom is 0.313 e. The van der Waals surface area contributed by atoms with Gasteiger partial charge in [0.25, 0.3) is 0 Å². The maximum atomic E-state index is 10.3. The zero-order chi connectivity index (χ0) is 8.84. The first kappa shape index (κ1) is 7.60. The van der Waals surface area contributed by atoms with Crippen molar-refractivity contribution in [2.75, 3.05) is 0 Å². The van der Waals surface area contributed by atoms with Crippen LogP contribution in [0.2, 0.25) is 0 Å². The highest BCUT2D eigenvalue weighted by Gasteiger charge is 2.41. The summed E-state index contributed by atoms with van der Waals surface area (Å²) in [7, 11) is 0. The minimum Gasteiger partial charge on any atom is -0.321 e. The summed E-state index contributed by atoms with van der Waals surface area (Å²) in [6.45, 7) is 0. The van der Waals surface area contributed by atoms with E-state index in [2.05, 4.69) is 5.32 Å². The van der Waals surface area contributed by atoms with Crippen molar-refractivity contribution in [1.82, 2.24) is 5.32 Å². The molecule has 2 saturated carbocycles. The fourth-order valence-electron chi connectivity index (χ4n) is 3.67. The zero-order valence-corrected chi connectivity index (χ0v) is 7.68. The molecule has 1 N–H and O–H groups in total. The number of hydrogen-bond acceptors (Lipinski definition) is 1. The highest BCUT2D eigenvalue weighted by molar-refractivity contribution is 5.52. The average Bonchev–Trinajstić information content (AvgIpc) is 2.10. The number of allylic oxidation sites excluding steroid dienone is 2. The molecule has 0 aliphatic heterocycles. The molecule has 0 aromatic carbocycles. The van der Waals surface area contributed by atoms with E-state index in [1.165, 1.54) is 43.4 Å². The molecular weight excluding hydrogens is 162 g/mol. The van der Waals surface area contributed by atoms with Gasteiger partial charge in [-0.2, -0.15) is 0 Å². The topological polar surface area (TPSA) is 29.1 Å². The van der Waals surface area contributed by atoms with Gasteiger partial charge in [0, 0.05) is 5.70 Å². The van der Waals surface area contributed by atoms with Gasteiger partial charge in [-0.3, -0.25) is 4.79 Å². The molecule has 13 heavy (non-hydrogen) atoms. The third kappa shape index (κ3) is 1.04. The second-order valence-electron chi connectivity index (χ2n) is 4.79. The van der Waals surface area contributed by atoms with Gasteiger partial charge in [0.05, 0.1) is 0 Å². The molecule has 0 aromatic rings. The molecule has 4 aliphatic carbocycles. The van der Waals surface area contributed by atoms with Crippen LogP contribution in [0.4, 0.5) is 0 Å². The summed E-state index contributed by atoms with van der Waals surface area (Å²) in [4.78, 5) is 10.3. The third-order valence-corrected chi connectivity index (χ3v) is 3.95. The number of hydrogen-bond donors (Lipinski definition) is 1. The zero-order valence-electron chi connectivity index (χ0n) is 7.68. The summed E-state index contributed by atoms with van der Waals surface area (Å²) in [5.41, 5.74) is 2.77. The van der Waals surface area contributed by atoms with Crippen molar-refractivity contribution in [2.24, 2.45) is 17.8 Å². The van der Waals surface area contributed by atoms with Crippen molar-refractivity contribution >= 4 is 6.41 Å². The average molecular weight is 176 g/mol. The lowest BCUT2D eigenvalue weighted by Gasteiger charge is -2.47. The van der Waals surface area contributed by atoms with Crippen LogP contribution >= 0.6 is 0 Å². The fraction of sp³-hybridized carbons (Fsp3) is 0.727. The second-order valence-corrected chi connectivity index (χ2v) is 4.79. The monoisotopic (exact) mass is 176 g/mol. The number of nitrogens with one attached hydrogen (secondary N) is 1. The molecule has 0 spiro atoms. The van der Waals surface area contributed by atoms with Crippen molar-refractivity contribution < 1.29 is 4.79 Å². The van der Waals surface area contributed by atoms with E-state index in [-0.39, 0.29) is 0 Å². The van der Waals surface area contributed by atoms with Crippen LogP contribution in [0.5, 0.6) is 0 Å². The predicted octanol–water partition coefficient (Wildman–Crippen LogP) is 1.74. The van der Waals surface area contributed by atoms with Crippen LogP contribution in [0.3, 0.4) is 0 Å². The quantitative estimate of drug-likeness (QED) is 0.638. The molecule has 2 heteroatoms. The molecule has 0 heterocycles. The van der Waals surface area contributed by atoms with Gasteiger partial charge in [-0.15, -0.1) is 0 Å². The summed E-state index contributed by atoms with van der Waals surface area (Å²) < 4.78 is 0. The lowest BCUT2D eigenvalue weighted by molar-refractivity contribution is 0.153. The van der Waals surface area contributed by atoms with Crippen LogP contribution in [-0.4, -0.2) is 6.41 Å². The van der Waals surface area contributed by atoms with Gasteiger partial charge < -0.3 is 5.32 Å². The van der Waals surface area contributed by atoms with Gasteiger partial charge in [0.2, 0.25) is 0 Å². The molecule has 2 nitrogen and oxygen atoms in total. The van der Waals surface area contributed by atoms with Gasteiger partial charge in [-0.1, -0.05) is 0 Å². The number of rotatable bonds is 2. The van der Waals surface area contributed by atoms with Crippen LogP contribution in [0.25, 0.3) is 0 Å². The fourth-order valence-corrected chi connectivity index (χ4v) is 3.67. The largest absolute Gasteiger partial charge is 0.321 e. The van der Waals surface area contributed by atoms with E-state index in [0.29, 0.717) is 5.92 Å². The van der Waals surface area contributed by atoms with Gasteiger partial charge in [-0.25, -0.2) is 0 Å². The van der Waals surface area contributed by atoms with Crippen molar-refractivity contribution in [2.45, 2.75) is 32.1 Å². The normalized spacial score (nSPS) is 41.1. The minimum atomic E-state index is 0.669. The summed E-state index contributed by atoms with van der Waals surface area (Å²) in [5.74, 6) is 2.54. The Morgan fingerprint density at radius 2 is 1.85 bits per heavy atom. The van der Waals surface area contributed by atoms with Crippen LogP contribution in [0, 0.1) is 17.8 Å². The van der Waals surface area contributed by atoms with Crippen molar-refractivity contribution in [1.29, 1.82) is 0 Å². The predicted molar refractivity (Wildman–Crippen MR) is 49.4 cm³/mol. The molecule has 69 valence electrons. The first-order chi connectivity index (χ1) is 6.36. The van der Waals surface area contributed by atoms with Gasteiger partial charge in [0.1, 0.15) is 0 Å². The first-order valence-electron chi connectivity index (χ1n) is 5.22. The van der Waals surface area contributed by atoms with Crippen molar-refractivity contribution in [3.63, 3.8) is 0 Å². The summed E-state index contributed by atoms with van der Waals surface area (Å²) in [6.07, 6.45) is 8.39. The Labute approximate surface area is 78.4 Å². The summed E-state index contributed by atoms with van der Waals surface area (Å²) in [6, 6.07) is 0. The Bertz CT molecular complexity index is 266. The molecule has 2 fully saturated rings. The number of carbonyl (C=O) groups excluding carboxylic acids is 1. The van der Waals surface area contributed by atoms with Crippen LogP contribution in [-0.2, 0) is 4.79 Å². The van der Waals surface area contributed by atoms with E-state index < -0.39 is 0 Å². The van der Waals surface area contributed by atoms with Crippen molar-refractivity contribution in [3.8, 4) is 0 Å². The van der Waals surface area contributed by atoms with Crippen molar-refractivity contribution in [3.05, 3.63) is 11.3 Å². The first-order valence-corrected chi connectivity index (χ1v) is 5.22. The van der Waals surface area contributed by atoms with E-state index in [1.807, 2.05) is 6.41 Å². The Balaban J connectivity index is 1.96.